The van der Waals surface area contributed by atoms with Gasteiger partial charge >= 0.3 is 0 Å². The molecule has 0 aliphatic heterocycles. The Bertz CT molecular complexity index is 1310. The summed E-state index contributed by atoms with van der Waals surface area (Å²) in [4.78, 5) is 30.1. The molecule has 0 unspecified atom stereocenters. The first-order chi connectivity index (χ1) is 14.3. The van der Waals surface area contributed by atoms with Crippen molar-refractivity contribution in [1.82, 2.24) is 24.5 Å². The highest BCUT2D eigenvalue weighted by Gasteiger charge is 2.15. The minimum Gasteiger partial charge on any atom is -0.296 e. The summed E-state index contributed by atoms with van der Waals surface area (Å²) >= 11 is 1.35. The molecule has 4 heterocycles. The van der Waals surface area contributed by atoms with Gasteiger partial charge in [-0.1, -0.05) is 24.3 Å². The van der Waals surface area contributed by atoms with Crippen molar-refractivity contribution in [2.75, 3.05) is 5.32 Å². The Morgan fingerprint density at radius 2 is 1.83 bits per heavy atom. The van der Waals surface area contributed by atoms with Crippen molar-refractivity contribution in [2.45, 2.75) is 0 Å². The van der Waals surface area contributed by atoms with Crippen molar-refractivity contribution in [3.63, 3.8) is 0 Å². The van der Waals surface area contributed by atoms with E-state index >= 15 is 0 Å². The van der Waals surface area contributed by atoms with Gasteiger partial charge in [0.15, 0.2) is 5.13 Å². The first kappa shape index (κ1) is 17.2. The van der Waals surface area contributed by atoms with Gasteiger partial charge < -0.3 is 0 Å². The third-order valence-electron chi connectivity index (χ3n) is 4.39. The average Bonchev–Trinajstić information content (AvgIpc) is 3.44. The number of carbonyl (C=O) groups excluding carboxylic acids is 1. The summed E-state index contributed by atoms with van der Waals surface area (Å²) in [6.07, 6.45) is 6.61. The second kappa shape index (κ2) is 7.25. The fraction of sp³-hybridized carbons (Fsp3) is 0. The zero-order chi connectivity index (χ0) is 19.6. The number of anilines is 1. The minimum absolute atomic E-state index is 0.275. The number of nitrogens with one attached hydrogen (secondary N) is 1. The molecule has 0 spiro atoms. The second-order valence-electron chi connectivity index (χ2n) is 6.24. The topological polar surface area (TPSA) is 85.6 Å². The van der Waals surface area contributed by atoms with Crippen molar-refractivity contribution in [3.8, 4) is 17.1 Å². The first-order valence-corrected chi connectivity index (χ1v) is 9.72. The lowest BCUT2D eigenvalue weighted by Crippen LogP contribution is -2.15. The summed E-state index contributed by atoms with van der Waals surface area (Å²) in [6, 6.07) is 15.4. The van der Waals surface area contributed by atoms with E-state index < -0.39 is 0 Å². The molecule has 140 valence electrons. The summed E-state index contributed by atoms with van der Waals surface area (Å²) in [5.41, 5.74) is 3.53. The van der Waals surface area contributed by atoms with Gasteiger partial charge in [0.05, 0.1) is 29.9 Å². The zero-order valence-corrected chi connectivity index (χ0v) is 15.9. The number of benzene rings is 1. The Balaban J connectivity index is 1.39. The van der Waals surface area contributed by atoms with Gasteiger partial charge in [0.25, 0.3) is 5.91 Å². The van der Waals surface area contributed by atoms with Gasteiger partial charge in [0.1, 0.15) is 11.4 Å². The van der Waals surface area contributed by atoms with Gasteiger partial charge in [0.2, 0.25) is 0 Å². The maximum atomic E-state index is 12.8. The van der Waals surface area contributed by atoms with Gasteiger partial charge in [0, 0.05) is 22.7 Å². The summed E-state index contributed by atoms with van der Waals surface area (Å²) in [6.45, 7) is 0. The molecular weight excluding hydrogens is 384 g/mol. The number of nitrogens with zero attached hydrogens (tertiary/aromatic N) is 5. The largest absolute Gasteiger partial charge is 0.296 e. The molecule has 1 aromatic carbocycles. The summed E-state index contributed by atoms with van der Waals surface area (Å²) in [5.74, 6) is -0.275. The Labute approximate surface area is 169 Å². The molecule has 29 heavy (non-hydrogen) atoms. The molecule has 0 bridgehead atoms. The Hall–Kier alpha value is -3.91. The number of pyridine rings is 2. The fourth-order valence-electron chi connectivity index (χ4n) is 2.98. The predicted octanol–water partition coefficient (Wildman–Crippen LogP) is 4.19. The Morgan fingerprint density at radius 3 is 2.72 bits per heavy atom. The van der Waals surface area contributed by atoms with E-state index in [0.717, 1.165) is 22.3 Å². The molecule has 0 aliphatic rings. The molecule has 4 aromatic heterocycles. The SMILES string of the molecule is O=C(Nc1nc(-c2ccc3ccncc3n2)cs1)c1cncn1-c1ccccc1. The van der Waals surface area contributed by atoms with Crippen LogP contribution in [-0.4, -0.2) is 30.4 Å². The van der Waals surface area contributed by atoms with Crippen LogP contribution in [-0.2, 0) is 0 Å². The fourth-order valence-corrected chi connectivity index (χ4v) is 3.68. The lowest BCUT2D eigenvalue weighted by atomic mass is 10.2. The van der Waals surface area contributed by atoms with Crippen LogP contribution in [0.4, 0.5) is 5.13 Å². The minimum atomic E-state index is -0.275. The molecule has 1 amide bonds. The number of fused-ring (bicyclic) bond motifs is 1. The van der Waals surface area contributed by atoms with Crippen LogP contribution in [0.2, 0.25) is 0 Å². The molecule has 0 atom stereocenters. The summed E-state index contributed by atoms with van der Waals surface area (Å²) in [5, 5.41) is 6.23. The van der Waals surface area contributed by atoms with E-state index in [4.69, 9.17) is 0 Å². The maximum Gasteiger partial charge on any atom is 0.276 e. The van der Waals surface area contributed by atoms with Gasteiger partial charge in [-0.2, -0.15) is 0 Å². The molecule has 0 aliphatic carbocycles. The van der Waals surface area contributed by atoms with Crippen LogP contribution >= 0.6 is 11.3 Å². The number of aromatic nitrogens is 5. The molecule has 0 fully saturated rings. The lowest BCUT2D eigenvalue weighted by Gasteiger charge is -2.07. The Kier molecular flexibility index (Phi) is 4.30. The second-order valence-corrected chi connectivity index (χ2v) is 7.10. The number of hydrogen-bond donors (Lipinski definition) is 1. The van der Waals surface area contributed by atoms with Gasteiger partial charge in [-0.05, 0) is 24.3 Å². The molecule has 5 aromatic rings. The zero-order valence-electron chi connectivity index (χ0n) is 15.1. The van der Waals surface area contributed by atoms with E-state index in [9.17, 15) is 4.79 Å². The van der Waals surface area contributed by atoms with Crippen molar-refractivity contribution >= 4 is 33.3 Å². The molecule has 0 saturated carbocycles. The molecular formula is C21H14N6OS. The summed E-state index contributed by atoms with van der Waals surface area (Å²) < 4.78 is 1.74. The van der Waals surface area contributed by atoms with Gasteiger partial charge in [-0.25, -0.2) is 15.0 Å². The maximum absolute atomic E-state index is 12.8. The van der Waals surface area contributed by atoms with Crippen molar-refractivity contribution < 1.29 is 4.79 Å². The molecule has 8 heteroatoms. The van der Waals surface area contributed by atoms with Crippen molar-refractivity contribution in [3.05, 3.63) is 84.5 Å². The van der Waals surface area contributed by atoms with Gasteiger partial charge in [-0.3, -0.25) is 19.7 Å². The van der Waals surface area contributed by atoms with E-state index in [-0.39, 0.29) is 5.91 Å². The molecule has 1 N–H and O–H groups in total. The van der Waals surface area contributed by atoms with Gasteiger partial charge in [-0.15, -0.1) is 11.3 Å². The molecule has 0 radical (unpaired) electrons. The standard InChI is InChI=1S/C21H14N6OS/c28-20(19-11-23-13-27(19)15-4-2-1-3-5-15)26-21-25-18(12-29-21)16-7-6-14-8-9-22-10-17(14)24-16/h1-13H,(H,25,26,28). The first-order valence-electron chi connectivity index (χ1n) is 8.84. The number of imidazole rings is 1. The average molecular weight is 398 g/mol. The monoisotopic (exact) mass is 398 g/mol. The van der Waals surface area contributed by atoms with Crippen molar-refractivity contribution in [1.29, 1.82) is 0 Å². The highest BCUT2D eigenvalue weighted by molar-refractivity contribution is 7.14. The molecule has 7 nitrogen and oxygen atoms in total. The van der Waals surface area contributed by atoms with Crippen LogP contribution < -0.4 is 5.32 Å². The van der Waals surface area contributed by atoms with Crippen LogP contribution in [0.5, 0.6) is 0 Å². The molecule has 5 rings (SSSR count). The van der Waals surface area contributed by atoms with E-state index in [2.05, 4.69) is 25.3 Å². The van der Waals surface area contributed by atoms with Crippen LogP contribution in [0, 0.1) is 0 Å². The van der Waals surface area contributed by atoms with E-state index in [1.165, 1.54) is 17.5 Å². The Morgan fingerprint density at radius 1 is 0.931 bits per heavy atom. The third-order valence-corrected chi connectivity index (χ3v) is 5.14. The lowest BCUT2D eigenvalue weighted by molar-refractivity contribution is 0.102. The van der Waals surface area contributed by atoms with Crippen LogP contribution in [0.25, 0.3) is 28.0 Å². The number of para-hydroxylation sites is 1. The van der Waals surface area contributed by atoms with Crippen LogP contribution in [0.15, 0.2) is 78.8 Å². The smallest absolute Gasteiger partial charge is 0.276 e. The quantitative estimate of drug-likeness (QED) is 0.491. The molecule has 0 saturated heterocycles. The number of carbonyl (C=O) groups is 1. The number of thiazole rings is 1. The summed E-state index contributed by atoms with van der Waals surface area (Å²) in [7, 11) is 0. The van der Waals surface area contributed by atoms with E-state index in [1.54, 1.807) is 23.3 Å². The van der Waals surface area contributed by atoms with E-state index in [0.29, 0.717) is 16.5 Å². The number of hydrogen-bond acceptors (Lipinski definition) is 6. The van der Waals surface area contributed by atoms with Crippen molar-refractivity contribution in [2.24, 2.45) is 0 Å². The number of rotatable bonds is 4. The highest BCUT2D eigenvalue weighted by atomic mass is 32.1. The number of amides is 1. The normalized spacial score (nSPS) is 10.9. The predicted molar refractivity (Wildman–Crippen MR) is 112 cm³/mol. The van der Waals surface area contributed by atoms with E-state index in [1.807, 2.05) is 53.9 Å². The van der Waals surface area contributed by atoms with Crippen LogP contribution in [0.1, 0.15) is 10.5 Å². The third kappa shape index (κ3) is 3.37. The highest BCUT2D eigenvalue weighted by Crippen LogP contribution is 2.25. The van der Waals surface area contributed by atoms with Crippen LogP contribution in [0.3, 0.4) is 0 Å².